The Bertz CT molecular complexity index is 271. The van der Waals surface area contributed by atoms with Gasteiger partial charge in [-0.2, -0.15) is 0 Å². The highest BCUT2D eigenvalue weighted by Crippen LogP contribution is 2.53. The van der Waals surface area contributed by atoms with E-state index in [0.29, 0.717) is 18.6 Å². The SMILES string of the molecule is C=CC1CCC2C(O)CCC(=O)C12C. The molecule has 2 aliphatic carbocycles. The number of hydrogen-bond donors (Lipinski definition) is 1. The number of carbonyl (C=O) groups is 1. The topological polar surface area (TPSA) is 37.3 Å². The van der Waals surface area contributed by atoms with E-state index in [1.807, 2.05) is 13.0 Å². The van der Waals surface area contributed by atoms with Crippen LogP contribution in [0.2, 0.25) is 0 Å². The third kappa shape index (κ3) is 1.10. The monoisotopic (exact) mass is 194 g/mol. The van der Waals surface area contributed by atoms with Crippen LogP contribution in [0.25, 0.3) is 0 Å². The zero-order valence-corrected chi connectivity index (χ0v) is 8.70. The molecular formula is C12H18O2. The Morgan fingerprint density at radius 3 is 2.86 bits per heavy atom. The van der Waals surface area contributed by atoms with Gasteiger partial charge in [0.05, 0.1) is 6.10 Å². The first-order valence-corrected chi connectivity index (χ1v) is 5.44. The summed E-state index contributed by atoms with van der Waals surface area (Å²) in [5, 5.41) is 9.89. The molecule has 2 rings (SSSR count). The van der Waals surface area contributed by atoms with E-state index in [1.165, 1.54) is 0 Å². The standard InChI is InChI=1S/C12H18O2/c1-3-8-4-5-9-10(13)6-7-11(14)12(8,9)2/h3,8-10,13H,1,4-7H2,2H3. The molecule has 4 unspecified atom stereocenters. The number of ketones is 1. The van der Waals surface area contributed by atoms with Crippen molar-refractivity contribution in [3.05, 3.63) is 12.7 Å². The van der Waals surface area contributed by atoms with Crippen LogP contribution < -0.4 is 0 Å². The summed E-state index contributed by atoms with van der Waals surface area (Å²) in [4.78, 5) is 12.0. The maximum Gasteiger partial charge on any atom is 0.139 e. The summed E-state index contributed by atoms with van der Waals surface area (Å²) >= 11 is 0. The van der Waals surface area contributed by atoms with Gasteiger partial charge in [0.15, 0.2) is 0 Å². The second-order valence-corrected chi connectivity index (χ2v) is 4.84. The summed E-state index contributed by atoms with van der Waals surface area (Å²) < 4.78 is 0. The molecule has 0 amide bonds. The first-order chi connectivity index (χ1) is 6.60. The van der Waals surface area contributed by atoms with Gasteiger partial charge in [0.2, 0.25) is 0 Å². The van der Waals surface area contributed by atoms with Gasteiger partial charge in [-0.15, -0.1) is 6.58 Å². The van der Waals surface area contributed by atoms with Crippen LogP contribution in [0.3, 0.4) is 0 Å². The van der Waals surface area contributed by atoms with Gasteiger partial charge in [-0.25, -0.2) is 0 Å². The van der Waals surface area contributed by atoms with Gasteiger partial charge in [0, 0.05) is 11.8 Å². The molecule has 14 heavy (non-hydrogen) atoms. The molecular weight excluding hydrogens is 176 g/mol. The number of fused-ring (bicyclic) bond motifs is 1. The number of carbonyl (C=O) groups excluding carboxylic acids is 1. The van der Waals surface area contributed by atoms with Crippen LogP contribution in [-0.2, 0) is 4.79 Å². The summed E-state index contributed by atoms with van der Waals surface area (Å²) in [6.07, 6.45) is 4.80. The highest BCUT2D eigenvalue weighted by atomic mass is 16.3. The fraction of sp³-hybridized carbons (Fsp3) is 0.750. The Morgan fingerprint density at radius 2 is 2.21 bits per heavy atom. The molecule has 1 N–H and O–H groups in total. The van der Waals surface area contributed by atoms with Gasteiger partial charge in [-0.3, -0.25) is 4.79 Å². The Kier molecular flexibility index (Phi) is 2.26. The van der Waals surface area contributed by atoms with Gasteiger partial charge >= 0.3 is 0 Å². The molecule has 0 aliphatic heterocycles. The van der Waals surface area contributed by atoms with Crippen molar-refractivity contribution in [3.8, 4) is 0 Å². The van der Waals surface area contributed by atoms with Crippen molar-refractivity contribution < 1.29 is 9.90 Å². The van der Waals surface area contributed by atoms with E-state index in [9.17, 15) is 9.90 Å². The van der Waals surface area contributed by atoms with Gasteiger partial charge in [0.1, 0.15) is 5.78 Å². The quantitative estimate of drug-likeness (QED) is 0.648. The molecule has 0 spiro atoms. The van der Waals surface area contributed by atoms with Gasteiger partial charge in [-0.05, 0) is 31.1 Å². The van der Waals surface area contributed by atoms with Crippen molar-refractivity contribution in [2.45, 2.75) is 38.7 Å². The lowest BCUT2D eigenvalue weighted by molar-refractivity contribution is -0.140. The fourth-order valence-corrected chi connectivity index (χ4v) is 3.35. The van der Waals surface area contributed by atoms with E-state index in [0.717, 1.165) is 12.8 Å². The second kappa shape index (κ2) is 3.20. The molecule has 0 heterocycles. The van der Waals surface area contributed by atoms with E-state index in [2.05, 4.69) is 6.58 Å². The van der Waals surface area contributed by atoms with Crippen LogP contribution in [0.4, 0.5) is 0 Å². The number of rotatable bonds is 1. The molecule has 0 radical (unpaired) electrons. The van der Waals surface area contributed by atoms with E-state index in [4.69, 9.17) is 0 Å². The van der Waals surface area contributed by atoms with E-state index >= 15 is 0 Å². The number of hydrogen-bond acceptors (Lipinski definition) is 2. The minimum atomic E-state index is -0.320. The Balaban J connectivity index is 2.35. The fourth-order valence-electron chi connectivity index (χ4n) is 3.35. The van der Waals surface area contributed by atoms with Crippen LogP contribution >= 0.6 is 0 Å². The van der Waals surface area contributed by atoms with Crippen molar-refractivity contribution in [3.63, 3.8) is 0 Å². The van der Waals surface area contributed by atoms with Crippen molar-refractivity contribution in [1.82, 2.24) is 0 Å². The van der Waals surface area contributed by atoms with Crippen molar-refractivity contribution >= 4 is 5.78 Å². The predicted molar refractivity (Wildman–Crippen MR) is 54.8 cm³/mol. The number of aliphatic hydroxyl groups is 1. The van der Waals surface area contributed by atoms with Crippen molar-refractivity contribution in [1.29, 1.82) is 0 Å². The average Bonchev–Trinajstić information content (AvgIpc) is 2.51. The van der Waals surface area contributed by atoms with E-state index in [-0.39, 0.29) is 23.4 Å². The molecule has 0 aromatic heterocycles. The molecule has 4 atom stereocenters. The molecule has 0 aromatic carbocycles. The summed E-state index contributed by atoms with van der Waals surface area (Å²) in [5.74, 6) is 0.775. The summed E-state index contributed by atoms with van der Waals surface area (Å²) in [5.41, 5.74) is -0.320. The summed E-state index contributed by atoms with van der Waals surface area (Å²) in [7, 11) is 0. The maximum atomic E-state index is 12.0. The van der Waals surface area contributed by atoms with Crippen molar-refractivity contribution in [2.75, 3.05) is 0 Å². The highest BCUT2D eigenvalue weighted by Gasteiger charge is 2.54. The van der Waals surface area contributed by atoms with Crippen LogP contribution in [0.5, 0.6) is 0 Å². The third-order valence-electron chi connectivity index (χ3n) is 4.35. The molecule has 78 valence electrons. The summed E-state index contributed by atoms with van der Waals surface area (Å²) in [6.45, 7) is 5.82. The lowest BCUT2D eigenvalue weighted by Crippen LogP contribution is -2.46. The zero-order chi connectivity index (χ0) is 10.3. The normalized spacial score (nSPS) is 47.6. The number of Topliss-reactive ketones (excluding diaryl/α,β-unsaturated/α-hetero) is 1. The molecule has 0 aromatic rings. The average molecular weight is 194 g/mol. The predicted octanol–water partition coefficient (Wildman–Crippen LogP) is 1.93. The van der Waals surface area contributed by atoms with Gasteiger partial charge < -0.3 is 5.11 Å². The summed E-state index contributed by atoms with van der Waals surface area (Å²) in [6, 6.07) is 0. The minimum absolute atomic E-state index is 0.173. The van der Waals surface area contributed by atoms with Gasteiger partial charge in [-0.1, -0.05) is 13.0 Å². The Hall–Kier alpha value is -0.630. The lowest BCUT2D eigenvalue weighted by atomic mass is 9.63. The minimum Gasteiger partial charge on any atom is -0.393 e. The number of aliphatic hydroxyl groups excluding tert-OH is 1. The first kappa shape index (κ1) is 9.91. The smallest absolute Gasteiger partial charge is 0.139 e. The number of allylic oxidation sites excluding steroid dienone is 1. The molecule has 2 fully saturated rings. The van der Waals surface area contributed by atoms with E-state index < -0.39 is 0 Å². The molecule has 2 heteroatoms. The maximum absolute atomic E-state index is 12.0. The first-order valence-electron chi connectivity index (χ1n) is 5.44. The van der Waals surface area contributed by atoms with Crippen LogP contribution in [0.15, 0.2) is 12.7 Å². The van der Waals surface area contributed by atoms with Crippen LogP contribution in [0.1, 0.15) is 32.6 Å². The molecule has 0 saturated heterocycles. The lowest BCUT2D eigenvalue weighted by Gasteiger charge is -2.40. The Labute approximate surface area is 85.0 Å². The van der Waals surface area contributed by atoms with Crippen LogP contribution in [-0.4, -0.2) is 17.0 Å². The molecule has 2 saturated carbocycles. The van der Waals surface area contributed by atoms with Gasteiger partial charge in [0.25, 0.3) is 0 Å². The highest BCUT2D eigenvalue weighted by molar-refractivity contribution is 5.86. The van der Waals surface area contributed by atoms with Crippen molar-refractivity contribution in [2.24, 2.45) is 17.3 Å². The Morgan fingerprint density at radius 1 is 1.50 bits per heavy atom. The molecule has 2 nitrogen and oxygen atoms in total. The third-order valence-corrected chi connectivity index (χ3v) is 4.35. The second-order valence-electron chi connectivity index (χ2n) is 4.84. The molecule has 0 bridgehead atoms. The molecule has 2 aliphatic rings. The van der Waals surface area contributed by atoms with Crippen LogP contribution in [0, 0.1) is 17.3 Å². The largest absolute Gasteiger partial charge is 0.393 e. The zero-order valence-electron chi connectivity index (χ0n) is 8.70. The van der Waals surface area contributed by atoms with E-state index in [1.54, 1.807) is 0 Å².